The average molecular weight is 619 g/mol. The van der Waals surface area contributed by atoms with E-state index in [1.54, 1.807) is 24.5 Å². The Bertz CT molecular complexity index is 1110. The highest BCUT2D eigenvalue weighted by molar-refractivity contribution is 8.03. The molecule has 4 unspecified atom stereocenters. The number of nitrogen functional groups attached to an aromatic ring is 1. The lowest BCUT2D eigenvalue weighted by molar-refractivity contribution is -0.148. The first-order valence-electron chi connectivity index (χ1n) is 15.3. The second-order valence-electron chi connectivity index (χ2n) is 11.7. The van der Waals surface area contributed by atoms with Gasteiger partial charge in [-0.05, 0) is 49.3 Å². The minimum absolute atomic E-state index is 0.108. The Hall–Kier alpha value is -3.21. The van der Waals surface area contributed by atoms with Crippen LogP contribution in [0.25, 0.3) is 0 Å². The Morgan fingerprint density at radius 1 is 1.09 bits per heavy atom. The van der Waals surface area contributed by atoms with E-state index in [0.29, 0.717) is 37.2 Å². The van der Waals surface area contributed by atoms with E-state index < -0.39 is 35.4 Å². The predicted molar refractivity (Wildman–Crippen MR) is 171 cm³/mol. The molecule has 2 amide bonds. The Kier molecular flexibility index (Phi) is 14.9. The van der Waals surface area contributed by atoms with Gasteiger partial charge in [-0.1, -0.05) is 53.2 Å². The van der Waals surface area contributed by atoms with Crippen LogP contribution in [0.2, 0.25) is 0 Å². The fourth-order valence-electron chi connectivity index (χ4n) is 5.22. The number of anilines is 1. The van der Waals surface area contributed by atoms with Crippen molar-refractivity contribution in [3.05, 3.63) is 40.9 Å². The summed E-state index contributed by atoms with van der Waals surface area (Å²) in [5.41, 5.74) is 7.68. The van der Waals surface area contributed by atoms with E-state index in [0.717, 1.165) is 24.8 Å². The summed E-state index contributed by atoms with van der Waals surface area (Å²) >= 11 is 1.36. The van der Waals surface area contributed by atoms with Gasteiger partial charge in [0.2, 0.25) is 5.91 Å². The summed E-state index contributed by atoms with van der Waals surface area (Å²) in [6.45, 7) is 11.8. The Morgan fingerprint density at radius 3 is 2.33 bits per heavy atom. The molecule has 1 heterocycles. The van der Waals surface area contributed by atoms with Crippen molar-refractivity contribution in [3.8, 4) is 0 Å². The monoisotopic (exact) mass is 618 g/mol. The summed E-state index contributed by atoms with van der Waals surface area (Å²) in [5, 5.41) is 17.0. The number of carbonyl (C=O) groups excluding carboxylic acids is 3. The van der Waals surface area contributed by atoms with Gasteiger partial charge in [0.15, 0.2) is 0 Å². The first kappa shape index (κ1) is 36.0. The fourth-order valence-corrected chi connectivity index (χ4v) is 6.21. The third-order valence-electron chi connectivity index (χ3n) is 7.56. The highest BCUT2D eigenvalue weighted by Gasteiger charge is 2.36. The zero-order chi connectivity index (χ0) is 32.1. The van der Waals surface area contributed by atoms with Crippen molar-refractivity contribution in [3.63, 3.8) is 0 Å². The second-order valence-corrected chi connectivity index (χ2v) is 12.7. The number of thioether (sulfide) groups is 1. The number of benzene rings is 1. The van der Waals surface area contributed by atoms with Crippen molar-refractivity contribution in [2.24, 2.45) is 11.8 Å². The number of nitrogens with zero attached hydrogens (tertiary/aromatic N) is 1. The van der Waals surface area contributed by atoms with Gasteiger partial charge in [-0.15, -0.1) is 11.8 Å². The maximum Gasteiger partial charge on any atom is 0.306 e. The van der Waals surface area contributed by atoms with Crippen LogP contribution in [0.15, 0.2) is 35.4 Å². The molecular weight excluding hydrogens is 568 g/mol. The Morgan fingerprint density at radius 2 is 1.77 bits per heavy atom. The van der Waals surface area contributed by atoms with Crippen LogP contribution >= 0.6 is 11.8 Å². The third kappa shape index (κ3) is 11.8. The normalized spacial score (nSPS) is 17.3. The quantitative estimate of drug-likeness (QED) is 0.136. The van der Waals surface area contributed by atoms with E-state index in [9.17, 15) is 24.3 Å². The van der Waals surface area contributed by atoms with Gasteiger partial charge in [-0.25, -0.2) is 0 Å². The molecule has 0 aliphatic carbocycles. The molecule has 0 fully saturated rings. The summed E-state index contributed by atoms with van der Waals surface area (Å²) in [4.78, 5) is 52.2. The van der Waals surface area contributed by atoms with Crippen LogP contribution in [0, 0.1) is 11.8 Å². The van der Waals surface area contributed by atoms with Gasteiger partial charge < -0.3 is 31.1 Å². The lowest BCUT2D eigenvalue weighted by atomic mass is 9.94. The molecule has 240 valence electrons. The lowest BCUT2D eigenvalue weighted by Crippen LogP contribution is -2.49. The smallest absolute Gasteiger partial charge is 0.306 e. The van der Waals surface area contributed by atoms with Crippen LogP contribution in [-0.4, -0.2) is 63.9 Å². The highest BCUT2D eigenvalue weighted by atomic mass is 32.2. The molecule has 1 aromatic carbocycles. The van der Waals surface area contributed by atoms with Crippen LogP contribution < -0.4 is 16.4 Å². The number of hydrogen-bond acceptors (Lipinski definition) is 8. The minimum Gasteiger partial charge on any atom is -0.481 e. The molecule has 1 aliphatic rings. The molecule has 0 bridgehead atoms. The van der Waals surface area contributed by atoms with Crippen LogP contribution in [0.4, 0.5) is 5.69 Å². The van der Waals surface area contributed by atoms with E-state index in [1.807, 2.05) is 24.0 Å². The zero-order valence-electron chi connectivity index (χ0n) is 26.4. The number of carboxylic acids is 1. The van der Waals surface area contributed by atoms with Crippen molar-refractivity contribution in [1.82, 2.24) is 15.5 Å². The molecule has 10 nitrogen and oxygen atoms in total. The van der Waals surface area contributed by atoms with Gasteiger partial charge in [0.1, 0.15) is 17.2 Å². The van der Waals surface area contributed by atoms with Gasteiger partial charge in [0.05, 0.1) is 5.92 Å². The number of ether oxygens (including phenoxy) is 1. The molecular formula is C32H50N4O6S. The minimum atomic E-state index is -0.931. The third-order valence-corrected chi connectivity index (χ3v) is 8.65. The van der Waals surface area contributed by atoms with Gasteiger partial charge in [-0.2, -0.15) is 0 Å². The largest absolute Gasteiger partial charge is 0.481 e. The molecule has 5 atom stereocenters. The molecule has 1 aliphatic heterocycles. The van der Waals surface area contributed by atoms with Gasteiger partial charge in [0.25, 0.3) is 5.91 Å². The summed E-state index contributed by atoms with van der Waals surface area (Å²) in [7, 11) is 0. The van der Waals surface area contributed by atoms with Gasteiger partial charge in [0, 0.05) is 49.5 Å². The summed E-state index contributed by atoms with van der Waals surface area (Å²) in [5.74, 6) is -2.14. The maximum atomic E-state index is 13.4. The van der Waals surface area contributed by atoms with E-state index >= 15 is 0 Å². The lowest BCUT2D eigenvalue weighted by Gasteiger charge is -2.37. The van der Waals surface area contributed by atoms with Crippen molar-refractivity contribution in [2.75, 3.05) is 12.3 Å². The average Bonchev–Trinajstić information content (AvgIpc) is 3.44. The van der Waals surface area contributed by atoms with Crippen molar-refractivity contribution >= 4 is 41.2 Å². The number of aliphatic carboxylic acids is 1. The molecule has 0 saturated carbocycles. The number of carboxylic acid groups (broad SMARTS) is 1. The summed E-state index contributed by atoms with van der Waals surface area (Å²) in [6, 6.07) is 6.70. The van der Waals surface area contributed by atoms with E-state index in [-0.39, 0.29) is 30.2 Å². The van der Waals surface area contributed by atoms with Crippen molar-refractivity contribution in [1.29, 1.82) is 0 Å². The number of hydrogen-bond donors (Lipinski definition) is 4. The number of esters is 1. The molecule has 1 aromatic rings. The van der Waals surface area contributed by atoms with Crippen LogP contribution in [0.3, 0.4) is 0 Å². The van der Waals surface area contributed by atoms with Crippen LogP contribution in [-0.2, 0) is 30.3 Å². The first-order chi connectivity index (χ1) is 20.4. The second kappa shape index (κ2) is 17.8. The predicted octanol–water partition coefficient (Wildman–Crippen LogP) is 4.69. The van der Waals surface area contributed by atoms with E-state index in [4.69, 9.17) is 10.5 Å². The first-order valence-corrected chi connectivity index (χ1v) is 16.3. The Balaban J connectivity index is 2.18. The van der Waals surface area contributed by atoms with E-state index in [2.05, 4.69) is 31.4 Å². The molecule has 0 radical (unpaired) electrons. The standard InChI is InChI=1S/C32H50N4O6S/c1-7-9-10-29(38)36(15-8-2)27(20(3)4)18-28(42-22(6)37)31-35-26(19-43-31)30(39)34-25(16-21(5)32(40)41)17-23-11-13-24(33)14-12-23/h11-14,19-21,25,27-28,31,35H,7-10,15-18,33H2,1-6H3,(H,34,39)(H,40,41)/t21?,25-,27?,28?,31?/m1/s1. The number of carbonyl (C=O) groups is 4. The number of unbranched alkanes of at least 4 members (excludes halogenated alkanes) is 1. The molecule has 0 saturated heterocycles. The van der Waals surface area contributed by atoms with Gasteiger partial charge >= 0.3 is 11.9 Å². The van der Waals surface area contributed by atoms with Crippen LogP contribution in [0.5, 0.6) is 0 Å². The molecule has 2 rings (SSSR count). The number of amides is 2. The highest BCUT2D eigenvalue weighted by Crippen LogP contribution is 2.30. The zero-order valence-corrected chi connectivity index (χ0v) is 27.2. The summed E-state index contributed by atoms with van der Waals surface area (Å²) < 4.78 is 5.78. The molecule has 0 spiro atoms. The molecule has 43 heavy (non-hydrogen) atoms. The van der Waals surface area contributed by atoms with Crippen LogP contribution in [0.1, 0.15) is 85.6 Å². The van der Waals surface area contributed by atoms with E-state index in [1.165, 1.54) is 18.7 Å². The van der Waals surface area contributed by atoms with Crippen molar-refractivity contribution < 1.29 is 29.0 Å². The summed E-state index contributed by atoms with van der Waals surface area (Å²) in [6.07, 6.45) is 3.59. The van der Waals surface area contributed by atoms with Gasteiger partial charge in [-0.3, -0.25) is 19.2 Å². The Labute approximate surface area is 260 Å². The van der Waals surface area contributed by atoms with Crippen molar-refractivity contribution in [2.45, 2.75) is 110 Å². The molecule has 5 N–H and O–H groups in total. The number of nitrogens with one attached hydrogen (secondary N) is 2. The topological polar surface area (TPSA) is 151 Å². The molecule has 0 aromatic heterocycles. The number of rotatable bonds is 18. The number of nitrogens with two attached hydrogens (primary N) is 1. The SMILES string of the molecule is CCCCC(=O)N(CCC)C(CC(OC(C)=O)C1NC(C(=O)N[C@@H](Cc2ccc(N)cc2)CC(C)C(=O)O)=CS1)C(C)C. The molecule has 11 heteroatoms. The maximum absolute atomic E-state index is 13.4. The fraction of sp³-hybridized carbons (Fsp3) is 0.625.